The molecule has 0 spiro atoms. The molecule has 0 aromatic heterocycles. The summed E-state index contributed by atoms with van der Waals surface area (Å²) < 4.78 is 1.17. The van der Waals surface area contributed by atoms with Crippen LogP contribution in [-0.2, 0) is 6.42 Å². The first kappa shape index (κ1) is 12.5. The molecule has 0 nitrogen and oxygen atoms in total. The summed E-state index contributed by atoms with van der Waals surface area (Å²) in [4.78, 5) is 0. The highest BCUT2D eigenvalue weighted by atomic mass is 79.9. The lowest BCUT2D eigenvalue weighted by Crippen LogP contribution is -1.87. The molecule has 0 radical (unpaired) electrons. The molecule has 82 valence electrons. The molecule has 0 aliphatic carbocycles. The standard InChI is InChI=1S/C14H19Br/c1-3-6-12(2)7-4-8-13-9-5-10-14(15)11-13/h5,9-11H,2-4,6-8H2,1H3. The Bertz CT molecular complexity index is 315. The maximum absolute atomic E-state index is 4.08. The second-order valence-corrected chi connectivity index (χ2v) is 4.90. The van der Waals surface area contributed by atoms with Crippen LogP contribution in [0.1, 0.15) is 38.2 Å². The van der Waals surface area contributed by atoms with E-state index in [4.69, 9.17) is 0 Å². The lowest BCUT2D eigenvalue weighted by molar-refractivity contribution is 0.761. The third kappa shape index (κ3) is 5.17. The fourth-order valence-electron chi connectivity index (χ4n) is 1.71. The second-order valence-electron chi connectivity index (χ2n) is 3.98. The average molecular weight is 267 g/mol. The summed E-state index contributed by atoms with van der Waals surface area (Å²) in [5.41, 5.74) is 2.81. The van der Waals surface area contributed by atoms with Crippen LogP contribution < -0.4 is 0 Å². The van der Waals surface area contributed by atoms with Gasteiger partial charge in [-0.25, -0.2) is 0 Å². The van der Waals surface area contributed by atoms with E-state index < -0.39 is 0 Å². The van der Waals surface area contributed by atoms with Crippen LogP contribution in [0, 0.1) is 0 Å². The molecule has 0 aliphatic heterocycles. The predicted molar refractivity (Wildman–Crippen MR) is 71.1 cm³/mol. The van der Waals surface area contributed by atoms with Gasteiger partial charge in [0.1, 0.15) is 0 Å². The van der Waals surface area contributed by atoms with Crippen molar-refractivity contribution in [3.63, 3.8) is 0 Å². The minimum Gasteiger partial charge on any atom is -0.0999 e. The van der Waals surface area contributed by atoms with Crippen LogP contribution in [0.25, 0.3) is 0 Å². The highest BCUT2D eigenvalue weighted by molar-refractivity contribution is 9.10. The molecule has 0 saturated carbocycles. The zero-order valence-electron chi connectivity index (χ0n) is 9.43. The topological polar surface area (TPSA) is 0 Å². The number of hydrogen-bond acceptors (Lipinski definition) is 0. The Kier molecular flexibility index (Phi) is 5.70. The first-order valence-electron chi connectivity index (χ1n) is 5.63. The Morgan fingerprint density at radius 2 is 2.13 bits per heavy atom. The van der Waals surface area contributed by atoms with E-state index in [1.807, 2.05) is 0 Å². The minimum absolute atomic E-state index is 1.15. The lowest BCUT2D eigenvalue weighted by atomic mass is 10.0. The summed E-state index contributed by atoms with van der Waals surface area (Å²) in [6.07, 6.45) is 5.94. The van der Waals surface area contributed by atoms with Gasteiger partial charge in [0.15, 0.2) is 0 Å². The normalized spacial score (nSPS) is 10.3. The third-order valence-electron chi connectivity index (χ3n) is 2.49. The van der Waals surface area contributed by atoms with Crippen molar-refractivity contribution in [3.05, 3.63) is 46.5 Å². The SMILES string of the molecule is C=C(CCC)CCCc1cccc(Br)c1. The highest BCUT2D eigenvalue weighted by Gasteiger charge is 1.96. The fraction of sp³-hybridized carbons (Fsp3) is 0.429. The summed E-state index contributed by atoms with van der Waals surface area (Å²) in [6, 6.07) is 8.55. The van der Waals surface area contributed by atoms with E-state index >= 15 is 0 Å². The van der Waals surface area contributed by atoms with E-state index in [2.05, 4.69) is 53.7 Å². The smallest absolute Gasteiger partial charge is 0.0177 e. The molecule has 0 N–H and O–H groups in total. The summed E-state index contributed by atoms with van der Waals surface area (Å²) >= 11 is 3.49. The zero-order chi connectivity index (χ0) is 11.1. The molecule has 0 bridgehead atoms. The van der Waals surface area contributed by atoms with Crippen LogP contribution in [0.15, 0.2) is 40.9 Å². The maximum atomic E-state index is 4.08. The summed E-state index contributed by atoms with van der Waals surface area (Å²) in [7, 11) is 0. The van der Waals surface area contributed by atoms with Crippen LogP contribution >= 0.6 is 15.9 Å². The molecule has 0 heterocycles. The molecule has 0 unspecified atom stereocenters. The van der Waals surface area contributed by atoms with Crippen molar-refractivity contribution in [2.75, 3.05) is 0 Å². The summed E-state index contributed by atoms with van der Waals surface area (Å²) in [6.45, 7) is 6.29. The van der Waals surface area contributed by atoms with E-state index in [0.29, 0.717) is 0 Å². The number of halogens is 1. The molecular formula is C14H19Br. The predicted octanol–water partition coefficient (Wildman–Crippen LogP) is 5.13. The van der Waals surface area contributed by atoms with Crippen LogP contribution in [0.2, 0.25) is 0 Å². The highest BCUT2D eigenvalue weighted by Crippen LogP contribution is 2.16. The van der Waals surface area contributed by atoms with Crippen molar-refractivity contribution in [2.45, 2.75) is 39.0 Å². The van der Waals surface area contributed by atoms with Crippen molar-refractivity contribution >= 4 is 15.9 Å². The van der Waals surface area contributed by atoms with Gasteiger partial charge < -0.3 is 0 Å². The van der Waals surface area contributed by atoms with Gasteiger partial charge in [-0.2, -0.15) is 0 Å². The Hall–Kier alpha value is -0.560. The van der Waals surface area contributed by atoms with Crippen LogP contribution in [0.4, 0.5) is 0 Å². The van der Waals surface area contributed by atoms with Crippen molar-refractivity contribution < 1.29 is 0 Å². The number of benzene rings is 1. The maximum Gasteiger partial charge on any atom is 0.0177 e. The number of hydrogen-bond donors (Lipinski definition) is 0. The number of aryl methyl sites for hydroxylation is 1. The number of rotatable bonds is 6. The van der Waals surface area contributed by atoms with Gasteiger partial charge in [-0.05, 0) is 43.4 Å². The molecule has 1 aromatic carbocycles. The lowest BCUT2D eigenvalue weighted by Gasteiger charge is -2.04. The van der Waals surface area contributed by atoms with Crippen molar-refractivity contribution in [3.8, 4) is 0 Å². The van der Waals surface area contributed by atoms with Gasteiger partial charge in [-0.1, -0.05) is 53.6 Å². The monoisotopic (exact) mass is 266 g/mol. The molecule has 0 fully saturated rings. The molecular weight excluding hydrogens is 248 g/mol. The largest absolute Gasteiger partial charge is 0.0999 e. The van der Waals surface area contributed by atoms with Gasteiger partial charge in [0.25, 0.3) is 0 Å². The molecule has 1 aromatic rings. The van der Waals surface area contributed by atoms with E-state index in [0.717, 1.165) is 6.42 Å². The Labute approximate surface area is 102 Å². The van der Waals surface area contributed by atoms with Gasteiger partial charge in [0.2, 0.25) is 0 Å². The molecule has 0 atom stereocenters. The summed E-state index contributed by atoms with van der Waals surface area (Å²) in [5.74, 6) is 0. The Morgan fingerprint density at radius 1 is 1.33 bits per heavy atom. The van der Waals surface area contributed by atoms with Gasteiger partial charge in [0, 0.05) is 4.47 Å². The van der Waals surface area contributed by atoms with E-state index in [9.17, 15) is 0 Å². The molecule has 0 aliphatic rings. The molecule has 0 saturated heterocycles. The van der Waals surface area contributed by atoms with Gasteiger partial charge >= 0.3 is 0 Å². The van der Waals surface area contributed by atoms with Crippen LogP contribution in [0.5, 0.6) is 0 Å². The van der Waals surface area contributed by atoms with Crippen molar-refractivity contribution in [1.82, 2.24) is 0 Å². The third-order valence-corrected chi connectivity index (χ3v) is 2.98. The van der Waals surface area contributed by atoms with Crippen molar-refractivity contribution in [2.24, 2.45) is 0 Å². The summed E-state index contributed by atoms with van der Waals surface area (Å²) in [5, 5.41) is 0. The Morgan fingerprint density at radius 3 is 2.80 bits per heavy atom. The quantitative estimate of drug-likeness (QED) is 0.627. The van der Waals surface area contributed by atoms with Crippen LogP contribution in [-0.4, -0.2) is 0 Å². The van der Waals surface area contributed by atoms with Crippen LogP contribution in [0.3, 0.4) is 0 Å². The van der Waals surface area contributed by atoms with Gasteiger partial charge in [-0.3, -0.25) is 0 Å². The van der Waals surface area contributed by atoms with Gasteiger partial charge in [0.05, 0.1) is 0 Å². The second kappa shape index (κ2) is 6.84. The number of allylic oxidation sites excluding steroid dienone is 1. The van der Waals surface area contributed by atoms with E-state index in [-0.39, 0.29) is 0 Å². The zero-order valence-corrected chi connectivity index (χ0v) is 11.0. The van der Waals surface area contributed by atoms with E-state index in [1.54, 1.807) is 0 Å². The van der Waals surface area contributed by atoms with Gasteiger partial charge in [-0.15, -0.1) is 0 Å². The average Bonchev–Trinajstić information content (AvgIpc) is 2.18. The van der Waals surface area contributed by atoms with Crippen molar-refractivity contribution in [1.29, 1.82) is 0 Å². The first-order valence-corrected chi connectivity index (χ1v) is 6.42. The fourth-order valence-corrected chi connectivity index (χ4v) is 2.16. The molecule has 1 rings (SSSR count). The molecule has 15 heavy (non-hydrogen) atoms. The minimum atomic E-state index is 1.15. The first-order chi connectivity index (χ1) is 7.22. The molecule has 1 heteroatoms. The Balaban J connectivity index is 2.28. The van der Waals surface area contributed by atoms with E-state index in [1.165, 1.54) is 41.3 Å². The molecule has 0 amide bonds.